The van der Waals surface area contributed by atoms with Gasteiger partial charge in [-0.05, 0) is 45.7 Å². The predicted molar refractivity (Wildman–Crippen MR) is 83.0 cm³/mol. The van der Waals surface area contributed by atoms with Crippen LogP contribution in [0.1, 0.15) is 85.0 Å². The fourth-order valence-electron chi connectivity index (χ4n) is 2.22. The van der Waals surface area contributed by atoms with Gasteiger partial charge in [0.25, 0.3) is 0 Å². The maximum atomic E-state index is 5.48. The van der Waals surface area contributed by atoms with Crippen molar-refractivity contribution < 1.29 is 0 Å². The summed E-state index contributed by atoms with van der Waals surface area (Å²) in [5, 5.41) is 3.70. The molecule has 0 rings (SSSR count). The zero-order chi connectivity index (χ0) is 13.7. The Balaban J connectivity index is 3.21. The van der Waals surface area contributed by atoms with Crippen LogP contribution in [0, 0.1) is 0 Å². The van der Waals surface area contributed by atoms with Crippen LogP contribution in [0.25, 0.3) is 0 Å². The largest absolute Gasteiger partial charge is 0.330 e. The van der Waals surface area contributed by atoms with Crippen LogP contribution < -0.4 is 11.1 Å². The molecule has 18 heavy (non-hydrogen) atoms. The van der Waals surface area contributed by atoms with Crippen LogP contribution in [0.2, 0.25) is 0 Å². The van der Waals surface area contributed by atoms with E-state index >= 15 is 0 Å². The first kappa shape index (κ1) is 17.9. The first-order valence-electron chi connectivity index (χ1n) is 8.13. The number of hydrogen-bond donors (Lipinski definition) is 2. The zero-order valence-electron chi connectivity index (χ0n) is 13.1. The molecule has 0 atom stereocenters. The molecule has 0 aromatic rings. The van der Waals surface area contributed by atoms with E-state index in [0.717, 1.165) is 6.54 Å². The molecule has 0 aromatic carbocycles. The van der Waals surface area contributed by atoms with Gasteiger partial charge in [-0.15, -0.1) is 0 Å². The molecule has 110 valence electrons. The minimum atomic E-state index is 0.363. The number of nitrogens with two attached hydrogens (primary N) is 1. The van der Waals surface area contributed by atoms with Crippen molar-refractivity contribution in [1.82, 2.24) is 5.32 Å². The smallest absolute Gasteiger partial charge is 0.0148 e. The molecule has 0 amide bonds. The lowest BCUT2D eigenvalue weighted by atomic mass is 9.95. The highest BCUT2D eigenvalue weighted by atomic mass is 15.0. The maximum Gasteiger partial charge on any atom is 0.0148 e. The molecular weight excluding hydrogens is 220 g/mol. The third-order valence-electron chi connectivity index (χ3n) is 4.24. The molecule has 0 aliphatic heterocycles. The molecule has 3 N–H and O–H groups in total. The molecule has 0 heterocycles. The zero-order valence-corrected chi connectivity index (χ0v) is 13.1. The summed E-state index contributed by atoms with van der Waals surface area (Å²) in [4.78, 5) is 0. The number of hydrogen-bond acceptors (Lipinski definition) is 2. The summed E-state index contributed by atoms with van der Waals surface area (Å²) < 4.78 is 0. The van der Waals surface area contributed by atoms with Crippen molar-refractivity contribution in [3.8, 4) is 0 Å². The van der Waals surface area contributed by atoms with Gasteiger partial charge in [0.1, 0.15) is 0 Å². The quantitative estimate of drug-likeness (QED) is 0.484. The summed E-state index contributed by atoms with van der Waals surface area (Å²) in [6.45, 7) is 8.94. The molecule has 2 nitrogen and oxygen atoms in total. The summed E-state index contributed by atoms with van der Waals surface area (Å²) in [5.74, 6) is 0. The van der Waals surface area contributed by atoms with E-state index in [0.29, 0.717) is 5.54 Å². The van der Waals surface area contributed by atoms with Gasteiger partial charge in [-0.25, -0.2) is 0 Å². The van der Waals surface area contributed by atoms with Gasteiger partial charge in [0.05, 0.1) is 0 Å². The number of rotatable bonds is 13. The highest BCUT2D eigenvalue weighted by molar-refractivity contribution is 4.79. The molecule has 0 aliphatic rings. The van der Waals surface area contributed by atoms with E-state index in [-0.39, 0.29) is 0 Å². The Kier molecular flexibility index (Phi) is 11.9. The van der Waals surface area contributed by atoms with Gasteiger partial charge in [-0.2, -0.15) is 0 Å². The van der Waals surface area contributed by atoms with Gasteiger partial charge >= 0.3 is 0 Å². The van der Waals surface area contributed by atoms with Crippen LogP contribution >= 0.6 is 0 Å². The average Bonchev–Trinajstić information content (AvgIpc) is 2.40. The van der Waals surface area contributed by atoms with E-state index in [1.54, 1.807) is 0 Å². The monoisotopic (exact) mass is 256 g/mol. The predicted octanol–water partition coefficient (Wildman–Crippen LogP) is 4.23. The molecule has 2 heteroatoms. The van der Waals surface area contributed by atoms with Crippen molar-refractivity contribution in [3.05, 3.63) is 0 Å². The van der Waals surface area contributed by atoms with Crippen LogP contribution in [0.3, 0.4) is 0 Å². The summed E-state index contributed by atoms with van der Waals surface area (Å²) in [6.07, 6.45) is 13.3. The Labute approximate surface area is 115 Å². The van der Waals surface area contributed by atoms with Gasteiger partial charge in [0.15, 0.2) is 0 Å². The molecule has 0 aliphatic carbocycles. The SMILES string of the molecule is CCC(C)(CC)NCCCCCCCCCCN. The molecule has 0 unspecified atom stereocenters. The third kappa shape index (κ3) is 9.90. The summed E-state index contributed by atoms with van der Waals surface area (Å²) in [5.41, 5.74) is 5.84. The van der Waals surface area contributed by atoms with E-state index in [1.165, 1.54) is 70.8 Å². The molecule has 0 saturated carbocycles. The number of nitrogens with one attached hydrogen (secondary N) is 1. The van der Waals surface area contributed by atoms with E-state index in [2.05, 4.69) is 26.1 Å². The molecule has 0 saturated heterocycles. The van der Waals surface area contributed by atoms with Gasteiger partial charge in [0, 0.05) is 5.54 Å². The summed E-state index contributed by atoms with van der Waals surface area (Å²) >= 11 is 0. The lowest BCUT2D eigenvalue weighted by molar-refractivity contribution is 0.328. The van der Waals surface area contributed by atoms with Crippen LogP contribution in [0.5, 0.6) is 0 Å². The highest BCUT2D eigenvalue weighted by Crippen LogP contribution is 2.14. The molecule has 0 bridgehead atoms. The first-order chi connectivity index (χ1) is 8.68. The van der Waals surface area contributed by atoms with Crippen LogP contribution in [0.4, 0.5) is 0 Å². The number of unbranched alkanes of at least 4 members (excludes halogenated alkanes) is 7. The lowest BCUT2D eigenvalue weighted by Crippen LogP contribution is -2.41. The van der Waals surface area contributed by atoms with Gasteiger partial charge in [0.2, 0.25) is 0 Å². The molecular formula is C16H36N2. The Bertz CT molecular complexity index is 164. The van der Waals surface area contributed by atoms with Gasteiger partial charge in [-0.1, -0.05) is 52.4 Å². The van der Waals surface area contributed by atoms with Crippen molar-refractivity contribution in [2.24, 2.45) is 5.73 Å². The fraction of sp³-hybridized carbons (Fsp3) is 1.00. The van der Waals surface area contributed by atoms with Crippen LogP contribution in [-0.2, 0) is 0 Å². The van der Waals surface area contributed by atoms with Crippen molar-refractivity contribution in [3.63, 3.8) is 0 Å². The second-order valence-electron chi connectivity index (χ2n) is 5.81. The summed E-state index contributed by atoms with van der Waals surface area (Å²) in [6, 6.07) is 0. The average molecular weight is 256 g/mol. The second kappa shape index (κ2) is 12.0. The maximum absolute atomic E-state index is 5.48. The topological polar surface area (TPSA) is 38.0 Å². The first-order valence-corrected chi connectivity index (χ1v) is 8.13. The van der Waals surface area contributed by atoms with Crippen molar-refractivity contribution in [2.75, 3.05) is 13.1 Å². The molecule has 0 fully saturated rings. The third-order valence-corrected chi connectivity index (χ3v) is 4.24. The van der Waals surface area contributed by atoms with Crippen molar-refractivity contribution in [1.29, 1.82) is 0 Å². The Morgan fingerprint density at radius 3 is 1.67 bits per heavy atom. The Morgan fingerprint density at radius 2 is 1.22 bits per heavy atom. The van der Waals surface area contributed by atoms with Crippen molar-refractivity contribution >= 4 is 0 Å². The van der Waals surface area contributed by atoms with E-state index < -0.39 is 0 Å². The highest BCUT2D eigenvalue weighted by Gasteiger charge is 2.17. The minimum Gasteiger partial charge on any atom is -0.330 e. The fourth-order valence-corrected chi connectivity index (χ4v) is 2.22. The molecule has 0 spiro atoms. The van der Waals surface area contributed by atoms with Crippen LogP contribution in [0.15, 0.2) is 0 Å². The van der Waals surface area contributed by atoms with Crippen molar-refractivity contribution in [2.45, 2.75) is 90.5 Å². The summed E-state index contributed by atoms with van der Waals surface area (Å²) in [7, 11) is 0. The van der Waals surface area contributed by atoms with E-state index in [4.69, 9.17) is 5.73 Å². The standard InChI is InChI=1S/C16H36N2/c1-4-16(3,5-2)18-15-13-11-9-7-6-8-10-12-14-17/h18H,4-15,17H2,1-3H3. The second-order valence-corrected chi connectivity index (χ2v) is 5.81. The van der Waals surface area contributed by atoms with E-state index in [9.17, 15) is 0 Å². The van der Waals surface area contributed by atoms with Gasteiger partial charge in [-0.3, -0.25) is 0 Å². The van der Waals surface area contributed by atoms with Crippen LogP contribution in [-0.4, -0.2) is 18.6 Å². The lowest BCUT2D eigenvalue weighted by Gasteiger charge is -2.28. The minimum absolute atomic E-state index is 0.363. The molecule has 0 radical (unpaired) electrons. The normalized spacial score (nSPS) is 12.0. The Hall–Kier alpha value is -0.0800. The Morgan fingerprint density at radius 1 is 0.778 bits per heavy atom. The van der Waals surface area contributed by atoms with Gasteiger partial charge < -0.3 is 11.1 Å². The van der Waals surface area contributed by atoms with E-state index in [1.807, 2.05) is 0 Å². The molecule has 0 aromatic heterocycles.